The van der Waals surface area contributed by atoms with Crippen molar-refractivity contribution in [3.8, 4) is 0 Å². The summed E-state index contributed by atoms with van der Waals surface area (Å²) in [7, 11) is -2.97. The molecule has 1 N–H and O–H groups in total. The van der Waals surface area contributed by atoms with Crippen LogP contribution in [0.5, 0.6) is 0 Å². The molecule has 8 nitrogen and oxygen atoms in total. The summed E-state index contributed by atoms with van der Waals surface area (Å²) < 4.78 is 12.6. The summed E-state index contributed by atoms with van der Waals surface area (Å²) in [6.07, 6.45) is 0.0521. The van der Waals surface area contributed by atoms with Crippen molar-refractivity contribution in [2.75, 3.05) is 0 Å². The van der Waals surface area contributed by atoms with Crippen LogP contribution in [0.2, 0.25) is 10.6 Å². The number of carbonyl (C=O) groups is 1. The molecule has 0 saturated carbocycles. The predicted octanol–water partition coefficient (Wildman–Crippen LogP) is 5.66. The van der Waals surface area contributed by atoms with Gasteiger partial charge in [0, 0.05) is 17.3 Å². The highest BCUT2D eigenvalue weighted by Gasteiger charge is 2.59. The maximum atomic E-state index is 14.0. The number of benzene rings is 3. The van der Waals surface area contributed by atoms with Crippen molar-refractivity contribution in [3.63, 3.8) is 0 Å². The van der Waals surface area contributed by atoms with E-state index in [0.29, 0.717) is 12.0 Å². The molecular formula is C35H38Cl3N3O5Si. The molecule has 0 spiro atoms. The van der Waals surface area contributed by atoms with Crippen LogP contribution < -0.4 is 26.9 Å². The molecule has 3 atom stereocenters. The first-order chi connectivity index (χ1) is 22.2. The summed E-state index contributed by atoms with van der Waals surface area (Å²) in [5.74, 6) is -0.834. The zero-order valence-corrected chi connectivity index (χ0v) is 29.9. The van der Waals surface area contributed by atoms with E-state index in [4.69, 9.17) is 44.3 Å². The Bertz CT molecular complexity index is 1770. The quantitative estimate of drug-likeness (QED) is 0.179. The van der Waals surface area contributed by atoms with Gasteiger partial charge in [0.2, 0.25) is 0 Å². The van der Waals surface area contributed by atoms with E-state index < -0.39 is 41.5 Å². The van der Waals surface area contributed by atoms with Crippen molar-refractivity contribution >= 4 is 59.2 Å². The molecule has 1 amide bonds. The number of hydrogen-bond donors (Lipinski definition) is 1. The van der Waals surface area contributed by atoms with Gasteiger partial charge in [0.15, 0.2) is 0 Å². The minimum absolute atomic E-state index is 0.224. The number of halogens is 3. The Hall–Kier alpha value is -3.18. The van der Waals surface area contributed by atoms with Gasteiger partial charge in [-0.25, -0.2) is 9.36 Å². The highest BCUT2D eigenvalue weighted by molar-refractivity contribution is 7.05. The zero-order valence-electron chi connectivity index (χ0n) is 26.7. The number of aromatic nitrogens is 2. The van der Waals surface area contributed by atoms with Gasteiger partial charge < -0.3 is 14.8 Å². The summed E-state index contributed by atoms with van der Waals surface area (Å²) >= 11 is 18.1. The fourth-order valence-corrected chi connectivity index (χ4v) is 13.7. The highest BCUT2D eigenvalue weighted by atomic mass is 35.6. The molecule has 3 aromatic carbocycles. The topological polar surface area (TPSA) is 91.6 Å². The molecule has 1 aliphatic heterocycles. The minimum Gasteiger partial charge on any atom is -0.356 e. The molecule has 0 aliphatic carbocycles. The number of rotatable bonds is 9. The lowest BCUT2D eigenvalue weighted by atomic mass is 10.2. The first-order valence-electron chi connectivity index (χ1n) is 15.3. The minimum atomic E-state index is -2.97. The van der Waals surface area contributed by atoms with E-state index in [1.165, 1.54) is 10.8 Å². The Labute approximate surface area is 290 Å². The number of hydrogen-bond acceptors (Lipinski definition) is 5. The van der Waals surface area contributed by atoms with E-state index in [0.717, 1.165) is 20.5 Å². The molecule has 0 radical (unpaired) electrons. The molecule has 1 aliphatic rings. The van der Waals surface area contributed by atoms with Gasteiger partial charge in [-0.15, -0.1) is 0 Å². The van der Waals surface area contributed by atoms with Crippen LogP contribution >= 0.6 is 34.8 Å². The SMILES string of the molecule is Cc1cn(C2CC([Si](c3ccccc3)(c3ccccc3)C(C)(C)C)C(NC(=O)C(Cl)(Cl)Cl)O2)c(=O)n(COCc2ccccc2)c1=O. The zero-order chi connectivity index (χ0) is 34.0. The molecule has 1 saturated heterocycles. The van der Waals surface area contributed by atoms with Crippen molar-refractivity contribution in [1.29, 1.82) is 0 Å². The monoisotopic (exact) mass is 713 g/mol. The van der Waals surface area contributed by atoms with Crippen LogP contribution in [0.25, 0.3) is 0 Å². The summed E-state index contributed by atoms with van der Waals surface area (Å²) in [5, 5.41) is 4.80. The van der Waals surface area contributed by atoms with Crippen molar-refractivity contribution in [1.82, 2.24) is 14.5 Å². The normalized spacial score (nSPS) is 18.7. The van der Waals surface area contributed by atoms with Crippen LogP contribution in [0.1, 0.15) is 44.5 Å². The molecule has 1 fully saturated rings. The number of ether oxygens (including phenoxy) is 2. The van der Waals surface area contributed by atoms with Gasteiger partial charge in [0.1, 0.15) is 27.3 Å². The Morgan fingerprint density at radius 3 is 1.96 bits per heavy atom. The van der Waals surface area contributed by atoms with E-state index in [-0.39, 0.29) is 23.9 Å². The van der Waals surface area contributed by atoms with Crippen LogP contribution in [0.15, 0.2) is 107 Å². The second-order valence-corrected chi connectivity index (χ2v) is 20.1. The van der Waals surface area contributed by atoms with Gasteiger partial charge >= 0.3 is 5.69 Å². The van der Waals surface area contributed by atoms with E-state index in [2.05, 4.69) is 50.4 Å². The Morgan fingerprint density at radius 2 is 1.45 bits per heavy atom. The third-order valence-electron chi connectivity index (χ3n) is 8.86. The van der Waals surface area contributed by atoms with Crippen molar-refractivity contribution in [2.45, 2.75) is 74.3 Å². The van der Waals surface area contributed by atoms with E-state index >= 15 is 0 Å². The average molecular weight is 715 g/mol. The van der Waals surface area contributed by atoms with Crippen LogP contribution in [0.3, 0.4) is 0 Å². The lowest BCUT2D eigenvalue weighted by Crippen LogP contribution is -2.69. The largest absolute Gasteiger partial charge is 0.356 e. The maximum absolute atomic E-state index is 14.0. The van der Waals surface area contributed by atoms with Gasteiger partial charge in [-0.3, -0.25) is 14.2 Å². The Kier molecular flexibility index (Phi) is 10.6. The van der Waals surface area contributed by atoms with Gasteiger partial charge in [0.05, 0.1) is 6.61 Å². The van der Waals surface area contributed by atoms with Gasteiger partial charge in [-0.1, -0.05) is 157 Å². The number of nitrogens with zero attached hydrogens (tertiary/aromatic N) is 2. The molecule has 0 bridgehead atoms. The Morgan fingerprint density at radius 1 is 0.915 bits per heavy atom. The van der Waals surface area contributed by atoms with Crippen LogP contribution in [-0.2, 0) is 27.6 Å². The summed E-state index contributed by atoms with van der Waals surface area (Å²) in [6.45, 7) is 8.21. The van der Waals surface area contributed by atoms with E-state index in [1.54, 1.807) is 6.92 Å². The van der Waals surface area contributed by atoms with Crippen molar-refractivity contribution in [3.05, 3.63) is 129 Å². The fraction of sp³-hybridized carbons (Fsp3) is 0.343. The molecule has 47 heavy (non-hydrogen) atoms. The smallest absolute Gasteiger partial charge is 0.335 e. The lowest BCUT2D eigenvalue weighted by Gasteiger charge is -2.49. The van der Waals surface area contributed by atoms with Crippen molar-refractivity contribution in [2.24, 2.45) is 0 Å². The number of alkyl halides is 3. The highest BCUT2D eigenvalue weighted by Crippen LogP contribution is 2.51. The van der Waals surface area contributed by atoms with Crippen LogP contribution in [0, 0.1) is 6.92 Å². The fourth-order valence-electron chi connectivity index (χ4n) is 6.92. The molecule has 5 rings (SSSR count). The van der Waals surface area contributed by atoms with Crippen LogP contribution in [-0.4, -0.2) is 33.1 Å². The molecule has 248 valence electrons. The molecule has 2 heterocycles. The van der Waals surface area contributed by atoms with Gasteiger partial charge in [-0.05, 0) is 23.9 Å². The second kappa shape index (κ2) is 14.1. The van der Waals surface area contributed by atoms with Crippen molar-refractivity contribution < 1.29 is 14.3 Å². The molecule has 12 heteroatoms. The predicted molar refractivity (Wildman–Crippen MR) is 189 cm³/mol. The van der Waals surface area contributed by atoms with E-state index in [9.17, 15) is 14.4 Å². The average Bonchev–Trinajstić information content (AvgIpc) is 3.44. The van der Waals surface area contributed by atoms with E-state index in [1.807, 2.05) is 66.7 Å². The third-order valence-corrected chi connectivity index (χ3v) is 15.9. The number of aryl methyl sites for hydroxylation is 1. The number of nitrogens with one attached hydrogen (secondary N) is 1. The molecule has 1 aromatic heterocycles. The number of carbonyl (C=O) groups excluding carboxylic acids is 1. The maximum Gasteiger partial charge on any atom is 0.335 e. The molecule has 4 aromatic rings. The third kappa shape index (κ3) is 7.16. The first-order valence-corrected chi connectivity index (χ1v) is 18.5. The lowest BCUT2D eigenvalue weighted by molar-refractivity contribution is -0.125. The summed E-state index contributed by atoms with van der Waals surface area (Å²) in [4.78, 5) is 40.4. The number of amides is 1. The standard InChI is InChI=1S/C35H38Cl3N3O5Si/c1-24-21-40(33(44)41(31(24)42)23-45-22-25-14-8-5-9-15-25)29-20-28(30(46-29)39-32(43)35(36,37)38)47(34(2,3)4,26-16-10-6-11-17-26)27-18-12-7-13-19-27/h5-19,21,28-30H,20,22-23H2,1-4H3,(H,39,43). The van der Waals surface area contributed by atoms with Gasteiger partial charge in [0.25, 0.3) is 15.3 Å². The second-order valence-electron chi connectivity index (χ2n) is 12.8. The molecule has 3 unspecified atom stereocenters. The summed E-state index contributed by atoms with van der Waals surface area (Å²) in [6, 6.07) is 29.9. The summed E-state index contributed by atoms with van der Waals surface area (Å²) in [5.41, 5.74) is -0.133. The molecular weight excluding hydrogens is 677 g/mol. The Balaban J connectivity index is 1.63. The van der Waals surface area contributed by atoms with Crippen LogP contribution in [0.4, 0.5) is 0 Å². The van der Waals surface area contributed by atoms with Gasteiger partial charge in [-0.2, -0.15) is 0 Å². The first kappa shape index (κ1) is 35.1.